The van der Waals surface area contributed by atoms with Crippen molar-refractivity contribution in [2.24, 2.45) is 5.73 Å². The van der Waals surface area contributed by atoms with Gasteiger partial charge in [-0.15, -0.1) is 0 Å². The van der Waals surface area contributed by atoms with Crippen LogP contribution in [0.4, 0.5) is 8.78 Å². The highest BCUT2D eigenvalue weighted by Crippen LogP contribution is 2.00. The molecule has 0 unspecified atom stereocenters. The Bertz CT molecular complexity index is 107. The zero-order valence-corrected chi connectivity index (χ0v) is 4.55. The molecule has 0 rings (SSSR count). The Labute approximate surface area is 50.5 Å². The molecule has 0 fully saturated rings. The van der Waals surface area contributed by atoms with Gasteiger partial charge < -0.3 is 10.8 Å². The van der Waals surface area contributed by atoms with Gasteiger partial charge in [-0.25, -0.2) is 8.78 Å². The topological polar surface area (TPSA) is 63.3 Å². The van der Waals surface area contributed by atoms with E-state index in [4.69, 9.17) is 5.11 Å². The maximum Gasteiger partial charge on any atom is 0.305 e. The number of hydrogen-bond acceptors (Lipinski definition) is 2. The molecule has 0 aliphatic carbocycles. The molecule has 0 heterocycles. The molecule has 0 aromatic heterocycles. The molecule has 9 heavy (non-hydrogen) atoms. The van der Waals surface area contributed by atoms with Crippen molar-refractivity contribution in [2.75, 3.05) is 0 Å². The van der Waals surface area contributed by atoms with E-state index < -0.39 is 24.9 Å². The number of carboxylic acid groups (broad SMARTS) is 1. The van der Waals surface area contributed by atoms with Gasteiger partial charge in [-0.2, -0.15) is 0 Å². The van der Waals surface area contributed by atoms with E-state index in [2.05, 4.69) is 5.73 Å². The van der Waals surface area contributed by atoms with Gasteiger partial charge in [0.25, 0.3) is 6.43 Å². The van der Waals surface area contributed by atoms with Crippen LogP contribution in [0, 0.1) is 0 Å². The third-order valence-electron chi connectivity index (χ3n) is 0.734. The molecule has 1 atom stereocenters. The lowest BCUT2D eigenvalue weighted by Gasteiger charge is -2.04. The summed E-state index contributed by atoms with van der Waals surface area (Å²) in [5, 5.41) is 7.92. The fourth-order valence-corrected chi connectivity index (χ4v) is 0.291. The minimum atomic E-state index is -2.75. The van der Waals surface area contributed by atoms with E-state index >= 15 is 0 Å². The standard InChI is InChI=1S/C4H7F2NO2/c5-4(6)2(7)1-3(8)9/h2,4H,1,7H2,(H,8,9)/t2-/m0/s1. The van der Waals surface area contributed by atoms with Crippen molar-refractivity contribution in [1.29, 1.82) is 0 Å². The van der Waals surface area contributed by atoms with Crippen LogP contribution in [0.3, 0.4) is 0 Å². The van der Waals surface area contributed by atoms with E-state index in [0.717, 1.165) is 0 Å². The fourth-order valence-electron chi connectivity index (χ4n) is 0.291. The van der Waals surface area contributed by atoms with Crippen LogP contribution in [0.5, 0.6) is 0 Å². The summed E-state index contributed by atoms with van der Waals surface area (Å²) in [6.45, 7) is 0. The quantitative estimate of drug-likeness (QED) is 0.580. The van der Waals surface area contributed by atoms with Crippen molar-refractivity contribution in [1.82, 2.24) is 0 Å². The Morgan fingerprint density at radius 1 is 1.67 bits per heavy atom. The third-order valence-corrected chi connectivity index (χ3v) is 0.734. The van der Waals surface area contributed by atoms with Crippen molar-refractivity contribution in [2.45, 2.75) is 18.9 Å². The zero-order valence-electron chi connectivity index (χ0n) is 4.55. The first kappa shape index (κ1) is 8.29. The summed E-state index contributed by atoms with van der Waals surface area (Å²) in [7, 11) is 0. The van der Waals surface area contributed by atoms with Crippen molar-refractivity contribution < 1.29 is 18.7 Å². The Balaban J connectivity index is 3.50. The lowest BCUT2D eigenvalue weighted by Crippen LogP contribution is -2.31. The van der Waals surface area contributed by atoms with Gasteiger partial charge in [0.15, 0.2) is 0 Å². The summed E-state index contributed by atoms with van der Waals surface area (Å²) in [4.78, 5) is 9.70. The van der Waals surface area contributed by atoms with Crippen LogP contribution in [0.15, 0.2) is 0 Å². The average molecular weight is 139 g/mol. The second kappa shape index (κ2) is 3.34. The summed E-state index contributed by atoms with van der Waals surface area (Å²) < 4.78 is 22.8. The molecular formula is C4H7F2NO2. The molecule has 0 aliphatic heterocycles. The number of hydrogen-bond donors (Lipinski definition) is 2. The largest absolute Gasteiger partial charge is 0.481 e. The minimum absolute atomic E-state index is 0.683. The Morgan fingerprint density at radius 2 is 2.11 bits per heavy atom. The second-order valence-electron chi connectivity index (χ2n) is 1.60. The smallest absolute Gasteiger partial charge is 0.305 e. The molecule has 54 valence electrons. The monoisotopic (exact) mass is 139 g/mol. The van der Waals surface area contributed by atoms with E-state index in [0.29, 0.717) is 0 Å². The third kappa shape index (κ3) is 3.84. The number of carbonyl (C=O) groups is 1. The Hall–Kier alpha value is -0.710. The Morgan fingerprint density at radius 3 is 2.22 bits per heavy atom. The molecule has 0 saturated carbocycles. The van der Waals surface area contributed by atoms with Crippen molar-refractivity contribution in [3.05, 3.63) is 0 Å². The fraction of sp³-hybridized carbons (Fsp3) is 0.750. The summed E-state index contributed by atoms with van der Waals surface area (Å²) in [5.41, 5.74) is 4.69. The van der Waals surface area contributed by atoms with Crippen LogP contribution in [0.1, 0.15) is 6.42 Å². The molecule has 0 amide bonds. The number of aliphatic carboxylic acids is 1. The highest BCUT2D eigenvalue weighted by molar-refractivity contribution is 5.67. The van der Waals surface area contributed by atoms with Gasteiger partial charge in [-0.1, -0.05) is 0 Å². The Kier molecular flexibility index (Phi) is 3.08. The SMILES string of the molecule is N[C@@H](CC(=O)O)C(F)F. The highest BCUT2D eigenvalue weighted by atomic mass is 19.3. The van der Waals surface area contributed by atoms with Crippen LogP contribution >= 0.6 is 0 Å². The predicted octanol–water partition coefficient (Wildman–Crippen LogP) is 0.0535. The number of nitrogens with two attached hydrogens (primary N) is 1. The van der Waals surface area contributed by atoms with Gasteiger partial charge in [-0.3, -0.25) is 4.79 Å². The van der Waals surface area contributed by atoms with Gasteiger partial charge in [0.1, 0.15) is 0 Å². The molecule has 0 aromatic carbocycles. The number of carboxylic acids is 1. The number of halogens is 2. The lowest BCUT2D eigenvalue weighted by atomic mass is 10.2. The molecule has 0 saturated heterocycles. The van der Waals surface area contributed by atoms with E-state index in [-0.39, 0.29) is 0 Å². The average Bonchev–Trinajstić information content (AvgIpc) is 1.63. The van der Waals surface area contributed by atoms with E-state index in [1.807, 2.05) is 0 Å². The molecule has 0 bridgehead atoms. The van der Waals surface area contributed by atoms with E-state index in [1.165, 1.54) is 0 Å². The molecule has 3 nitrogen and oxygen atoms in total. The van der Waals surface area contributed by atoms with Crippen LogP contribution in [-0.4, -0.2) is 23.5 Å². The molecule has 0 aliphatic rings. The lowest BCUT2D eigenvalue weighted by molar-refractivity contribution is -0.138. The van der Waals surface area contributed by atoms with Crippen LogP contribution in [0.25, 0.3) is 0 Å². The van der Waals surface area contributed by atoms with Crippen LogP contribution < -0.4 is 5.73 Å². The minimum Gasteiger partial charge on any atom is -0.481 e. The molecule has 3 N–H and O–H groups in total. The first-order chi connectivity index (χ1) is 4.04. The van der Waals surface area contributed by atoms with Crippen LogP contribution in [0.2, 0.25) is 0 Å². The van der Waals surface area contributed by atoms with Crippen molar-refractivity contribution in [3.63, 3.8) is 0 Å². The van der Waals surface area contributed by atoms with E-state index in [1.54, 1.807) is 0 Å². The van der Waals surface area contributed by atoms with Gasteiger partial charge >= 0.3 is 5.97 Å². The molecular weight excluding hydrogens is 132 g/mol. The number of rotatable bonds is 3. The van der Waals surface area contributed by atoms with E-state index in [9.17, 15) is 13.6 Å². The summed E-state index contributed by atoms with van der Waals surface area (Å²) >= 11 is 0. The van der Waals surface area contributed by atoms with Gasteiger partial charge in [0, 0.05) is 0 Å². The molecule has 0 aromatic rings. The first-order valence-corrected chi connectivity index (χ1v) is 2.29. The highest BCUT2D eigenvalue weighted by Gasteiger charge is 2.17. The summed E-state index contributed by atoms with van der Waals surface area (Å²) in [6.07, 6.45) is -3.43. The van der Waals surface area contributed by atoms with Gasteiger partial charge in [0.2, 0.25) is 0 Å². The first-order valence-electron chi connectivity index (χ1n) is 2.29. The molecule has 5 heteroatoms. The van der Waals surface area contributed by atoms with Gasteiger partial charge in [-0.05, 0) is 0 Å². The number of alkyl halides is 2. The normalized spacial score (nSPS) is 13.8. The molecule has 0 radical (unpaired) electrons. The zero-order chi connectivity index (χ0) is 7.44. The summed E-state index contributed by atoms with van der Waals surface area (Å²) in [5.74, 6) is -1.30. The maximum atomic E-state index is 11.4. The maximum absolute atomic E-state index is 11.4. The summed E-state index contributed by atoms with van der Waals surface area (Å²) in [6, 6.07) is -1.54. The van der Waals surface area contributed by atoms with Crippen molar-refractivity contribution in [3.8, 4) is 0 Å². The van der Waals surface area contributed by atoms with Crippen LogP contribution in [-0.2, 0) is 4.79 Å². The predicted molar refractivity (Wildman–Crippen MR) is 26.2 cm³/mol. The second-order valence-corrected chi connectivity index (χ2v) is 1.60. The van der Waals surface area contributed by atoms with Gasteiger partial charge in [0.05, 0.1) is 12.5 Å². The van der Waals surface area contributed by atoms with Crippen molar-refractivity contribution >= 4 is 5.97 Å². The molecule has 0 spiro atoms.